The molecule has 4 heteroatoms. The predicted octanol–water partition coefficient (Wildman–Crippen LogP) is 2.33. The maximum Gasteiger partial charge on any atom is 0.230 e. The fraction of sp³-hybridized carbons (Fsp3) is 0.588. The quantitative estimate of drug-likeness (QED) is 0.878. The van der Waals surface area contributed by atoms with Gasteiger partial charge < -0.3 is 15.4 Å². The molecular formula is C17H24N2O2. The first-order valence-corrected chi connectivity index (χ1v) is 7.85. The second-order valence-corrected chi connectivity index (χ2v) is 6.33. The number of nitrogens with one attached hydrogen (secondary N) is 2. The van der Waals surface area contributed by atoms with E-state index < -0.39 is 0 Å². The smallest absolute Gasteiger partial charge is 0.230 e. The predicted molar refractivity (Wildman–Crippen MR) is 83.1 cm³/mol. The van der Waals surface area contributed by atoms with E-state index in [1.807, 2.05) is 19.9 Å². The van der Waals surface area contributed by atoms with Gasteiger partial charge in [-0.2, -0.15) is 0 Å². The minimum absolute atomic E-state index is 0.0192. The van der Waals surface area contributed by atoms with E-state index in [1.54, 1.807) is 0 Å². The van der Waals surface area contributed by atoms with Gasteiger partial charge in [0.05, 0.1) is 18.1 Å². The van der Waals surface area contributed by atoms with Crippen LogP contribution in [0.5, 0.6) is 0 Å². The zero-order chi connectivity index (χ0) is 15.0. The van der Waals surface area contributed by atoms with Crippen LogP contribution >= 0.6 is 0 Å². The Kier molecular flexibility index (Phi) is 4.00. The summed E-state index contributed by atoms with van der Waals surface area (Å²) in [5.41, 5.74) is 3.56. The van der Waals surface area contributed by atoms with Gasteiger partial charge in [-0.3, -0.25) is 4.79 Å². The number of anilines is 1. The summed E-state index contributed by atoms with van der Waals surface area (Å²) in [7, 11) is 0. The van der Waals surface area contributed by atoms with Gasteiger partial charge in [-0.25, -0.2) is 0 Å². The van der Waals surface area contributed by atoms with Gasteiger partial charge >= 0.3 is 0 Å². The van der Waals surface area contributed by atoms with Gasteiger partial charge in [0.25, 0.3) is 0 Å². The van der Waals surface area contributed by atoms with E-state index in [0.29, 0.717) is 0 Å². The molecule has 0 aliphatic carbocycles. The molecule has 4 nitrogen and oxygen atoms in total. The molecule has 2 aliphatic rings. The van der Waals surface area contributed by atoms with Crippen molar-refractivity contribution in [2.45, 2.75) is 45.9 Å². The Hall–Kier alpha value is -1.39. The third kappa shape index (κ3) is 2.83. The topological polar surface area (TPSA) is 50.4 Å². The molecule has 1 aromatic rings. The molecule has 1 saturated heterocycles. The van der Waals surface area contributed by atoms with Crippen LogP contribution in [0.15, 0.2) is 18.2 Å². The summed E-state index contributed by atoms with van der Waals surface area (Å²) >= 11 is 0. The zero-order valence-electron chi connectivity index (χ0n) is 13.0. The highest BCUT2D eigenvalue weighted by atomic mass is 16.5. The molecule has 0 bridgehead atoms. The molecule has 0 aromatic heterocycles. The van der Waals surface area contributed by atoms with Crippen LogP contribution in [-0.2, 0) is 22.5 Å². The number of benzene rings is 1. The van der Waals surface area contributed by atoms with Crippen molar-refractivity contribution >= 4 is 11.6 Å². The molecule has 21 heavy (non-hydrogen) atoms. The van der Waals surface area contributed by atoms with Gasteiger partial charge in [-0.15, -0.1) is 0 Å². The molecule has 2 aliphatic heterocycles. The Labute approximate surface area is 126 Å². The molecule has 1 aromatic carbocycles. The summed E-state index contributed by atoms with van der Waals surface area (Å²) in [5.74, 6) is 0.247. The number of rotatable bonds is 2. The van der Waals surface area contributed by atoms with Crippen molar-refractivity contribution in [3.63, 3.8) is 0 Å². The largest absolute Gasteiger partial charge is 0.374 e. The van der Waals surface area contributed by atoms with E-state index in [-0.39, 0.29) is 30.0 Å². The van der Waals surface area contributed by atoms with E-state index in [1.165, 1.54) is 11.1 Å². The molecule has 1 amide bonds. The molecule has 2 heterocycles. The van der Waals surface area contributed by atoms with Gasteiger partial charge in [-0.05, 0) is 56.0 Å². The van der Waals surface area contributed by atoms with E-state index >= 15 is 0 Å². The van der Waals surface area contributed by atoms with Crippen LogP contribution in [-0.4, -0.2) is 24.7 Å². The Bertz CT molecular complexity index is 544. The third-order valence-electron chi connectivity index (χ3n) is 4.91. The summed E-state index contributed by atoms with van der Waals surface area (Å²) in [4.78, 5) is 12.5. The maximum atomic E-state index is 12.5. The lowest BCUT2D eigenvalue weighted by atomic mass is 9.88. The fourth-order valence-corrected chi connectivity index (χ4v) is 3.50. The number of carbonyl (C=O) groups excluding carboxylic acids is 1. The second kappa shape index (κ2) is 5.78. The molecule has 0 spiro atoms. The Morgan fingerprint density at radius 1 is 1.24 bits per heavy atom. The van der Waals surface area contributed by atoms with Crippen molar-refractivity contribution < 1.29 is 9.53 Å². The van der Waals surface area contributed by atoms with E-state index in [4.69, 9.17) is 4.74 Å². The number of hydrogen-bond acceptors (Lipinski definition) is 3. The summed E-state index contributed by atoms with van der Waals surface area (Å²) in [5, 5.41) is 6.43. The normalized spacial score (nSPS) is 31.8. The molecule has 0 saturated carbocycles. The minimum Gasteiger partial charge on any atom is -0.374 e. The number of ether oxygens (including phenoxy) is 1. The lowest BCUT2D eigenvalue weighted by Crippen LogP contribution is -2.32. The third-order valence-corrected chi connectivity index (χ3v) is 4.91. The molecule has 1 fully saturated rings. The minimum atomic E-state index is -0.0749. The Morgan fingerprint density at radius 3 is 2.76 bits per heavy atom. The Morgan fingerprint density at radius 2 is 2.05 bits per heavy atom. The van der Waals surface area contributed by atoms with Crippen LogP contribution in [0.25, 0.3) is 0 Å². The molecule has 2 N–H and O–H groups in total. The zero-order valence-corrected chi connectivity index (χ0v) is 13.0. The highest BCUT2D eigenvalue weighted by Crippen LogP contribution is 2.33. The van der Waals surface area contributed by atoms with Crippen molar-refractivity contribution in [2.75, 3.05) is 11.9 Å². The first kappa shape index (κ1) is 14.5. The van der Waals surface area contributed by atoms with Gasteiger partial charge in [0, 0.05) is 12.2 Å². The second-order valence-electron chi connectivity index (χ2n) is 6.33. The number of fused-ring (bicyclic) bond motifs is 1. The van der Waals surface area contributed by atoms with Crippen molar-refractivity contribution in [2.24, 2.45) is 11.8 Å². The first-order valence-electron chi connectivity index (χ1n) is 7.85. The van der Waals surface area contributed by atoms with Crippen LogP contribution < -0.4 is 10.6 Å². The summed E-state index contributed by atoms with van der Waals surface area (Å²) in [6.07, 6.45) is 1.18. The van der Waals surface area contributed by atoms with Gasteiger partial charge in [-0.1, -0.05) is 13.0 Å². The van der Waals surface area contributed by atoms with Gasteiger partial charge in [0.15, 0.2) is 0 Å². The fourth-order valence-electron chi connectivity index (χ4n) is 3.50. The van der Waals surface area contributed by atoms with Crippen molar-refractivity contribution in [1.29, 1.82) is 0 Å². The highest BCUT2D eigenvalue weighted by Gasteiger charge is 2.41. The summed E-state index contributed by atoms with van der Waals surface area (Å²) in [6.45, 7) is 8.04. The first-order chi connectivity index (χ1) is 10.1. The molecule has 4 atom stereocenters. The lowest BCUT2D eigenvalue weighted by molar-refractivity contribution is -0.121. The van der Waals surface area contributed by atoms with Crippen LogP contribution in [0.2, 0.25) is 0 Å². The molecule has 0 radical (unpaired) electrons. The molecule has 4 unspecified atom stereocenters. The number of amides is 1. The molecule has 114 valence electrons. The number of hydrogen-bond donors (Lipinski definition) is 2. The average Bonchev–Trinajstić information content (AvgIpc) is 2.72. The van der Waals surface area contributed by atoms with E-state index in [2.05, 4.69) is 29.7 Å². The SMILES string of the molecule is CC1OC(C)C(C(=O)Nc2ccc3c(c2)CNCC3)C1C. The average molecular weight is 288 g/mol. The molecule has 3 rings (SSSR count). The molecular weight excluding hydrogens is 264 g/mol. The standard InChI is InChI=1S/C17H24N2O2/c1-10-11(2)21-12(3)16(10)17(20)19-15-5-4-13-6-7-18-9-14(13)8-15/h4-5,8,10-12,16,18H,6-7,9H2,1-3H3,(H,19,20). The summed E-state index contributed by atoms with van der Waals surface area (Å²) in [6, 6.07) is 6.23. The van der Waals surface area contributed by atoms with Crippen LogP contribution in [0.4, 0.5) is 5.69 Å². The lowest BCUT2D eigenvalue weighted by Gasteiger charge is -2.20. The van der Waals surface area contributed by atoms with Crippen LogP contribution in [0, 0.1) is 11.8 Å². The van der Waals surface area contributed by atoms with Crippen molar-refractivity contribution in [1.82, 2.24) is 5.32 Å². The van der Waals surface area contributed by atoms with Crippen LogP contribution in [0.3, 0.4) is 0 Å². The van der Waals surface area contributed by atoms with E-state index in [0.717, 1.165) is 25.2 Å². The van der Waals surface area contributed by atoms with Gasteiger partial charge in [0.2, 0.25) is 5.91 Å². The highest BCUT2D eigenvalue weighted by molar-refractivity contribution is 5.93. The van der Waals surface area contributed by atoms with Crippen LogP contribution in [0.1, 0.15) is 31.9 Å². The number of carbonyl (C=O) groups is 1. The summed E-state index contributed by atoms with van der Waals surface area (Å²) < 4.78 is 5.76. The van der Waals surface area contributed by atoms with E-state index in [9.17, 15) is 4.79 Å². The van der Waals surface area contributed by atoms with Crippen molar-refractivity contribution in [3.05, 3.63) is 29.3 Å². The Balaban J connectivity index is 1.73. The van der Waals surface area contributed by atoms with Gasteiger partial charge in [0.1, 0.15) is 0 Å². The monoisotopic (exact) mass is 288 g/mol. The van der Waals surface area contributed by atoms with Crippen molar-refractivity contribution in [3.8, 4) is 0 Å². The maximum absolute atomic E-state index is 12.5.